The van der Waals surface area contributed by atoms with Gasteiger partial charge >= 0.3 is 0 Å². The molecule has 2 atom stereocenters. The fraction of sp³-hybridized carbons (Fsp3) is 0.696. The first-order valence-corrected chi connectivity index (χ1v) is 11.0. The Kier molecular flexibility index (Phi) is 7.47. The summed E-state index contributed by atoms with van der Waals surface area (Å²) in [7, 11) is 0. The highest BCUT2D eigenvalue weighted by atomic mass is 19.1. The lowest BCUT2D eigenvalue weighted by Gasteiger charge is -2.42. The maximum absolute atomic E-state index is 14.6. The van der Waals surface area contributed by atoms with Gasteiger partial charge in [0.2, 0.25) is 5.91 Å². The van der Waals surface area contributed by atoms with Crippen LogP contribution < -0.4 is 5.32 Å². The van der Waals surface area contributed by atoms with E-state index >= 15 is 0 Å². The molecule has 0 radical (unpaired) electrons. The maximum Gasteiger partial charge on any atom is 0.226 e. The Hall–Kier alpha value is -1.46. The zero-order valence-corrected chi connectivity index (χ0v) is 17.1. The Balaban J connectivity index is 1.52. The minimum atomic E-state index is -1.02. The number of nitrogens with one attached hydrogen (secondary N) is 1. The van der Waals surface area contributed by atoms with Crippen LogP contribution in [0, 0.1) is 5.92 Å². The number of carbonyl (C=O) groups is 1. The second-order valence-electron chi connectivity index (χ2n) is 8.59. The lowest BCUT2D eigenvalue weighted by molar-refractivity contribution is -0.140. The molecule has 1 saturated carbocycles. The van der Waals surface area contributed by atoms with Crippen molar-refractivity contribution in [3.63, 3.8) is 0 Å². The highest BCUT2D eigenvalue weighted by Crippen LogP contribution is 2.33. The van der Waals surface area contributed by atoms with Crippen LogP contribution in [0.1, 0.15) is 70.0 Å². The topological polar surface area (TPSA) is 52.6 Å². The normalized spacial score (nSPS) is 23.1. The van der Waals surface area contributed by atoms with E-state index in [1.165, 1.54) is 19.3 Å². The van der Waals surface area contributed by atoms with Crippen molar-refractivity contribution in [1.29, 1.82) is 0 Å². The average Bonchev–Trinajstić information content (AvgIpc) is 2.71. The van der Waals surface area contributed by atoms with Gasteiger partial charge in [0.15, 0.2) is 0 Å². The SMILES string of the molecule is CCC(C(=O)NC1CCCCC1)C1(O)CCN(CC(F)c2ccccc2)CC1. The molecule has 5 heteroatoms. The molecule has 1 aromatic rings. The zero-order chi connectivity index (χ0) is 20.0. The summed E-state index contributed by atoms with van der Waals surface area (Å²) >= 11 is 0. The van der Waals surface area contributed by atoms with E-state index in [9.17, 15) is 14.3 Å². The first-order valence-electron chi connectivity index (χ1n) is 11.0. The van der Waals surface area contributed by atoms with E-state index < -0.39 is 11.8 Å². The van der Waals surface area contributed by atoms with Crippen molar-refractivity contribution in [2.24, 2.45) is 5.92 Å². The fourth-order valence-corrected chi connectivity index (χ4v) is 4.82. The molecule has 1 aliphatic carbocycles. The molecule has 2 unspecified atom stereocenters. The number of rotatable bonds is 7. The second kappa shape index (κ2) is 9.84. The molecular formula is C23H35FN2O2. The standard InChI is InChI=1S/C23H35FN2O2/c1-2-20(22(27)25-19-11-7-4-8-12-19)23(28)13-15-26(16-14-23)17-21(24)18-9-5-3-6-10-18/h3,5-6,9-10,19-21,28H,2,4,7-8,11-17H2,1H3,(H,25,27). The third-order valence-electron chi connectivity index (χ3n) is 6.63. The molecule has 2 fully saturated rings. The van der Waals surface area contributed by atoms with Gasteiger partial charge in [-0.1, -0.05) is 56.5 Å². The van der Waals surface area contributed by atoms with Crippen LogP contribution in [-0.2, 0) is 4.79 Å². The first-order chi connectivity index (χ1) is 13.5. The molecule has 1 amide bonds. The molecule has 1 heterocycles. The van der Waals surface area contributed by atoms with Crippen LogP contribution in [0.4, 0.5) is 4.39 Å². The van der Waals surface area contributed by atoms with E-state index in [4.69, 9.17) is 0 Å². The minimum Gasteiger partial charge on any atom is -0.389 e. The molecule has 156 valence electrons. The average molecular weight is 391 g/mol. The van der Waals surface area contributed by atoms with Crippen LogP contribution in [-0.4, -0.2) is 47.2 Å². The molecule has 4 nitrogen and oxygen atoms in total. The van der Waals surface area contributed by atoms with Crippen LogP contribution >= 0.6 is 0 Å². The Bertz CT molecular complexity index is 610. The quantitative estimate of drug-likeness (QED) is 0.740. The van der Waals surface area contributed by atoms with Crippen LogP contribution in [0.2, 0.25) is 0 Å². The Morgan fingerprint density at radius 1 is 1.21 bits per heavy atom. The molecule has 1 aliphatic heterocycles. The minimum absolute atomic E-state index is 0.00185. The number of likely N-dealkylation sites (tertiary alicyclic amines) is 1. The summed E-state index contributed by atoms with van der Waals surface area (Å²) in [6.45, 7) is 3.56. The summed E-state index contributed by atoms with van der Waals surface area (Å²) < 4.78 is 14.6. The van der Waals surface area contributed by atoms with Crippen molar-refractivity contribution in [3.05, 3.63) is 35.9 Å². The molecule has 0 bridgehead atoms. The number of hydrogen-bond acceptors (Lipinski definition) is 3. The lowest BCUT2D eigenvalue weighted by Crippen LogP contribution is -2.54. The Labute approximate surface area is 168 Å². The van der Waals surface area contributed by atoms with Gasteiger partial charge in [-0.3, -0.25) is 9.69 Å². The molecule has 1 saturated heterocycles. The summed E-state index contributed by atoms with van der Waals surface area (Å²) in [6, 6.07) is 9.49. The van der Waals surface area contributed by atoms with Crippen LogP contribution in [0.5, 0.6) is 0 Å². The van der Waals surface area contributed by atoms with Crippen LogP contribution in [0.25, 0.3) is 0 Å². The lowest BCUT2D eigenvalue weighted by atomic mass is 9.77. The maximum atomic E-state index is 14.6. The molecule has 0 spiro atoms. The summed E-state index contributed by atoms with van der Waals surface area (Å²) in [5.41, 5.74) is -0.288. The van der Waals surface area contributed by atoms with Gasteiger partial charge in [-0.25, -0.2) is 4.39 Å². The third-order valence-corrected chi connectivity index (χ3v) is 6.63. The van der Waals surface area contributed by atoms with Crippen molar-refractivity contribution < 1.29 is 14.3 Å². The van der Waals surface area contributed by atoms with E-state index in [-0.39, 0.29) is 17.9 Å². The third kappa shape index (κ3) is 5.32. The second-order valence-corrected chi connectivity index (χ2v) is 8.59. The monoisotopic (exact) mass is 390 g/mol. The van der Waals surface area contributed by atoms with Gasteiger partial charge in [-0.05, 0) is 37.7 Å². The molecule has 2 N–H and O–H groups in total. The predicted octanol–water partition coefficient (Wildman–Crippen LogP) is 4.00. The van der Waals surface area contributed by atoms with Gasteiger partial charge in [0.05, 0.1) is 11.5 Å². The molecule has 28 heavy (non-hydrogen) atoms. The smallest absolute Gasteiger partial charge is 0.226 e. The van der Waals surface area contributed by atoms with Gasteiger partial charge in [0.1, 0.15) is 6.17 Å². The summed E-state index contributed by atoms with van der Waals surface area (Å²) in [4.78, 5) is 14.9. The number of halogens is 1. The number of carbonyl (C=O) groups excluding carboxylic acids is 1. The van der Waals surface area contributed by atoms with Crippen LogP contribution in [0.15, 0.2) is 30.3 Å². The number of nitrogens with zero attached hydrogens (tertiary/aromatic N) is 1. The van der Waals surface area contributed by atoms with E-state index in [1.807, 2.05) is 37.3 Å². The number of aliphatic hydroxyl groups is 1. The molecule has 0 aromatic heterocycles. The first kappa shape index (κ1) is 21.3. The van der Waals surface area contributed by atoms with Gasteiger partial charge in [0, 0.05) is 25.7 Å². The van der Waals surface area contributed by atoms with E-state index in [0.717, 1.165) is 12.8 Å². The molecule has 2 aliphatic rings. The van der Waals surface area contributed by atoms with Crippen molar-refractivity contribution >= 4 is 5.91 Å². The van der Waals surface area contributed by atoms with E-state index in [1.54, 1.807) is 0 Å². The summed E-state index contributed by atoms with van der Waals surface area (Å²) in [6.07, 6.45) is 6.34. The number of benzene rings is 1. The van der Waals surface area contributed by atoms with Gasteiger partial charge in [-0.15, -0.1) is 0 Å². The highest BCUT2D eigenvalue weighted by molar-refractivity contribution is 5.80. The molecule has 3 rings (SSSR count). The largest absolute Gasteiger partial charge is 0.389 e. The Morgan fingerprint density at radius 3 is 2.46 bits per heavy atom. The molecular weight excluding hydrogens is 355 g/mol. The number of piperidine rings is 1. The zero-order valence-electron chi connectivity index (χ0n) is 17.1. The summed E-state index contributed by atoms with van der Waals surface area (Å²) in [5, 5.41) is 14.4. The van der Waals surface area contributed by atoms with Crippen molar-refractivity contribution in [3.8, 4) is 0 Å². The van der Waals surface area contributed by atoms with Gasteiger partial charge < -0.3 is 10.4 Å². The Morgan fingerprint density at radius 2 is 1.86 bits per heavy atom. The molecule has 1 aromatic carbocycles. The van der Waals surface area contributed by atoms with Crippen molar-refractivity contribution in [2.45, 2.75) is 76.1 Å². The number of alkyl halides is 1. The van der Waals surface area contributed by atoms with E-state index in [2.05, 4.69) is 10.2 Å². The van der Waals surface area contributed by atoms with Crippen molar-refractivity contribution in [1.82, 2.24) is 10.2 Å². The van der Waals surface area contributed by atoms with Gasteiger partial charge in [-0.2, -0.15) is 0 Å². The van der Waals surface area contributed by atoms with Crippen LogP contribution in [0.3, 0.4) is 0 Å². The van der Waals surface area contributed by atoms with E-state index in [0.29, 0.717) is 44.5 Å². The number of hydrogen-bond donors (Lipinski definition) is 2. The summed E-state index contributed by atoms with van der Waals surface area (Å²) in [5.74, 6) is -0.384. The van der Waals surface area contributed by atoms with Crippen molar-refractivity contribution in [2.75, 3.05) is 19.6 Å². The van der Waals surface area contributed by atoms with Gasteiger partial charge in [0.25, 0.3) is 0 Å². The number of amides is 1. The fourth-order valence-electron chi connectivity index (χ4n) is 4.82. The predicted molar refractivity (Wildman–Crippen MR) is 110 cm³/mol. The highest BCUT2D eigenvalue weighted by Gasteiger charge is 2.43.